The fourth-order valence-corrected chi connectivity index (χ4v) is 5.30. The minimum atomic E-state index is -0.113. The molecule has 5 nitrogen and oxygen atoms in total. The number of anilines is 1. The Balaban J connectivity index is 1.46. The lowest BCUT2D eigenvalue weighted by atomic mass is 9.80. The molecule has 0 aliphatic heterocycles. The fraction of sp³-hybridized carbons (Fsp3) is 0.417. The maximum Gasteiger partial charge on any atom is 0.322 e. The van der Waals surface area contributed by atoms with Crippen LogP contribution in [0.5, 0.6) is 0 Å². The Morgan fingerprint density at radius 3 is 2.81 bits per heavy atom. The molecule has 2 aromatic rings. The lowest BCUT2D eigenvalue weighted by Crippen LogP contribution is -2.47. The van der Waals surface area contributed by atoms with Crippen LogP contribution in [0.1, 0.15) is 36.8 Å². The number of amides is 2. The highest BCUT2D eigenvalue weighted by Crippen LogP contribution is 2.62. The first-order chi connectivity index (χ1) is 15.0. The van der Waals surface area contributed by atoms with Crippen LogP contribution in [0.2, 0.25) is 10.0 Å². The van der Waals surface area contributed by atoms with Crippen molar-refractivity contribution in [2.45, 2.75) is 37.1 Å². The van der Waals surface area contributed by atoms with Gasteiger partial charge in [0.05, 0.1) is 21.7 Å². The summed E-state index contributed by atoms with van der Waals surface area (Å²) in [5, 5.41) is 16.3. The molecule has 0 bridgehead atoms. The molecule has 0 heterocycles. The number of fused-ring (bicyclic) bond motifs is 1. The van der Waals surface area contributed by atoms with Crippen LogP contribution in [0.3, 0.4) is 0 Å². The number of urea groups is 1. The third kappa shape index (κ3) is 4.52. The number of rotatable bonds is 6. The topological polar surface area (TPSA) is 68.2 Å². The summed E-state index contributed by atoms with van der Waals surface area (Å²) in [5.74, 6) is 0.551. The molecule has 4 rings (SSSR count). The van der Waals surface area contributed by atoms with Crippen LogP contribution in [0.4, 0.5) is 10.5 Å². The van der Waals surface area contributed by atoms with Crippen LogP contribution in [0.25, 0.3) is 0 Å². The molecule has 31 heavy (non-hydrogen) atoms. The van der Waals surface area contributed by atoms with Crippen molar-refractivity contribution >= 4 is 34.9 Å². The Kier molecular flexibility index (Phi) is 6.43. The number of likely N-dealkylation sites (N-methyl/N-ethyl adjacent to an activating group) is 1. The smallest absolute Gasteiger partial charge is 0.320 e. The summed E-state index contributed by atoms with van der Waals surface area (Å²) < 4.78 is 0. The van der Waals surface area contributed by atoms with Crippen molar-refractivity contribution in [1.82, 2.24) is 10.2 Å². The number of nitrogens with zero attached hydrogens (tertiary/aromatic N) is 2. The average Bonchev–Trinajstić information content (AvgIpc) is 3.52. The van der Waals surface area contributed by atoms with Gasteiger partial charge in [-0.05, 0) is 80.0 Å². The SMILES string of the molecule is CNCCN(C(=O)Nc1ccc(Cl)c(Cl)c1)[C@@H]1CC[C@]2(c3cccc(C#N)c3)CC2C1. The number of carbonyl (C=O) groups is 1. The zero-order valence-electron chi connectivity index (χ0n) is 17.5. The monoisotopic (exact) mass is 456 g/mol. The Morgan fingerprint density at radius 2 is 2.10 bits per heavy atom. The van der Waals surface area contributed by atoms with Crippen molar-refractivity contribution in [2.75, 3.05) is 25.5 Å². The van der Waals surface area contributed by atoms with Gasteiger partial charge in [-0.1, -0.05) is 35.3 Å². The van der Waals surface area contributed by atoms with Gasteiger partial charge in [-0.3, -0.25) is 0 Å². The van der Waals surface area contributed by atoms with Crippen molar-refractivity contribution in [3.05, 3.63) is 63.6 Å². The first-order valence-electron chi connectivity index (χ1n) is 10.6. The summed E-state index contributed by atoms with van der Waals surface area (Å²) >= 11 is 12.1. The highest BCUT2D eigenvalue weighted by Gasteiger charge is 2.58. The molecular formula is C24H26Cl2N4O. The predicted molar refractivity (Wildman–Crippen MR) is 125 cm³/mol. The van der Waals surface area contributed by atoms with E-state index in [9.17, 15) is 10.1 Å². The summed E-state index contributed by atoms with van der Waals surface area (Å²) in [6.45, 7) is 1.36. The van der Waals surface area contributed by atoms with Gasteiger partial charge in [0.25, 0.3) is 0 Å². The molecular weight excluding hydrogens is 431 g/mol. The molecule has 1 unspecified atom stereocenters. The predicted octanol–water partition coefficient (Wildman–Crippen LogP) is 5.43. The van der Waals surface area contributed by atoms with E-state index in [0.717, 1.165) is 37.8 Å². The van der Waals surface area contributed by atoms with Gasteiger partial charge < -0.3 is 15.5 Å². The van der Waals surface area contributed by atoms with Crippen molar-refractivity contribution in [3.63, 3.8) is 0 Å². The van der Waals surface area contributed by atoms with E-state index in [4.69, 9.17) is 23.2 Å². The first kappa shape index (κ1) is 22.0. The lowest BCUT2D eigenvalue weighted by Gasteiger charge is -2.37. The van der Waals surface area contributed by atoms with Crippen LogP contribution < -0.4 is 10.6 Å². The number of hydrogen-bond donors (Lipinski definition) is 2. The third-order valence-corrected chi connectivity index (χ3v) is 7.49. The quantitative estimate of drug-likeness (QED) is 0.608. The summed E-state index contributed by atoms with van der Waals surface area (Å²) in [5.41, 5.74) is 2.81. The van der Waals surface area contributed by atoms with E-state index in [0.29, 0.717) is 28.2 Å². The van der Waals surface area contributed by atoms with E-state index < -0.39 is 0 Å². The maximum absolute atomic E-state index is 13.1. The molecule has 2 amide bonds. The molecule has 2 aliphatic rings. The van der Waals surface area contributed by atoms with Crippen molar-refractivity contribution in [2.24, 2.45) is 5.92 Å². The number of nitrogens with one attached hydrogen (secondary N) is 2. The van der Waals surface area contributed by atoms with Gasteiger partial charge in [0, 0.05) is 24.8 Å². The van der Waals surface area contributed by atoms with Crippen LogP contribution in [-0.2, 0) is 5.41 Å². The zero-order valence-corrected chi connectivity index (χ0v) is 19.0. The zero-order chi connectivity index (χ0) is 22.0. The second-order valence-corrected chi connectivity index (χ2v) is 9.35. The lowest BCUT2D eigenvalue weighted by molar-refractivity contribution is 0.161. The number of halogens is 2. The number of benzene rings is 2. The summed E-state index contributed by atoms with van der Waals surface area (Å²) in [6.07, 6.45) is 4.10. The summed E-state index contributed by atoms with van der Waals surface area (Å²) in [4.78, 5) is 15.1. The molecule has 3 atom stereocenters. The number of carbonyl (C=O) groups excluding carboxylic acids is 1. The van der Waals surface area contributed by atoms with Gasteiger partial charge in [-0.25, -0.2) is 4.79 Å². The van der Waals surface area contributed by atoms with E-state index in [1.807, 2.05) is 30.1 Å². The number of hydrogen-bond acceptors (Lipinski definition) is 3. The Labute approximate surface area is 193 Å². The van der Waals surface area contributed by atoms with E-state index in [1.165, 1.54) is 5.56 Å². The largest absolute Gasteiger partial charge is 0.322 e. The standard InChI is InChI=1S/C24H26Cl2N4O/c1-28-9-10-30(23(31)29-19-5-6-21(25)22(26)13-19)20-7-8-24(14-18(24)12-20)17-4-2-3-16(11-17)15-27/h2-6,11,13,18,20,28H,7-10,12,14H2,1H3,(H,29,31)/t18?,20-,24-/m1/s1. The van der Waals surface area contributed by atoms with Gasteiger partial charge in [0.15, 0.2) is 0 Å². The van der Waals surface area contributed by atoms with Gasteiger partial charge in [-0.15, -0.1) is 0 Å². The molecule has 162 valence electrons. The second-order valence-electron chi connectivity index (χ2n) is 8.53. The normalized spacial score (nSPS) is 24.1. The van der Waals surface area contributed by atoms with Crippen LogP contribution in [0, 0.1) is 17.2 Å². The molecule has 0 saturated heterocycles. The third-order valence-electron chi connectivity index (χ3n) is 6.75. The molecule has 2 N–H and O–H groups in total. The minimum absolute atomic E-state index is 0.113. The molecule has 0 spiro atoms. The van der Waals surface area contributed by atoms with Crippen LogP contribution in [0.15, 0.2) is 42.5 Å². The summed E-state index contributed by atoms with van der Waals surface area (Å²) in [7, 11) is 1.89. The molecule has 0 radical (unpaired) electrons. The van der Waals surface area contributed by atoms with Crippen LogP contribution >= 0.6 is 23.2 Å². The van der Waals surface area contributed by atoms with E-state index in [-0.39, 0.29) is 17.5 Å². The van der Waals surface area contributed by atoms with Crippen molar-refractivity contribution in [1.29, 1.82) is 5.26 Å². The Bertz CT molecular complexity index is 1020. The van der Waals surface area contributed by atoms with E-state index in [2.05, 4.69) is 22.8 Å². The van der Waals surface area contributed by atoms with Crippen LogP contribution in [-0.4, -0.2) is 37.1 Å². The Morgan fingerprint density at radius 1 is 1.26 bits per heavy atom. The van der Waals surface area contributed by atoms with Gasteiger partial charge in [0.1, 0.15) is 0 Å². The van der Waals surface area contributed by atoms with E-state index in [1.54, 1.807) is 18.2 Å². The highest BCUT2D eigenvalue weighted by atomic mass is 35.5. The molecule has 7 heteroatoms. The highest BCUT2D eigenvalue weighted by molar-refractivity contribution is 6.42. The fourth-order valence-electron chi connectivity index (χ4n) is 5.00. The van der Waals surface area contributed by atoms with Crippen molar-refractivity contribution < 1.29 is 4.79 Å². The molecule has 2 saturated carbocycles. The minimum Gasteiger partial charge on any atom is -0.320 e. The van der Waals surface area contributed by atoms with Gasteiger partial charge >= 0.3 is 6.03 Å². The Hall–Kier alpha value is -2.26. The molecule has 2 fully saturated rings. The van der Waals surface area contributed by atoms with Crippen molar-refractivity contribution in [3.8, 4) is 6.07 Å². The van der Waals surface area contributed by atoms with Gasteiger partial charge in [-0.2, -0.15) is 5.26 Å². The van der Waals surface area contributed by atoms with Gasteiger partial charge in [0.2, 0.25) is 0 Å². The maximum atomic E-state index is 13.1. The molecule has 0 aromatic heterocycles. The second kappa shape index (κ2) is 9.08. The first-order valence-corrected chi connectivity index (χ1v) is 11.4. The molecule has 2 aliphatic carbocycles. The summed E-state index contributed by atoms with van der Waals surface area (Å²) in [6, 6.07) is 15.5. The average molecular weight is 457 g/mol. The molecule has 2 aromatic carbocycles. The number of nitriles is 1. The van der Waals surface area contributed by atoms with E-state index >= 15 is 0 Å².